The molecule has 0 aliphatic carbocycles. The number of nitrogens with zero attached hydrogens (tertiary/aromatic N) is 1. The van der Waals surface area contributed by atoms with Gasteiger partial charge < -0.3 is 10.1 Å². The van der Waals surface area contributed by atoms with Gasteiger partial charge in [-0.2, -0.15) is 0 Å². The molecular formula is C26H21ClN2O4. The van der Waals surface area contributed by atoms with Crippen LogP contribution < -0.4 is 15.0 Å². The average molecular weight is 461 g/mol. The second kappa shape index (κ2) is 8.92. The number of hydrogen-bond acceptors (Lipinski definition) is 5. The molecule has 3 aromatic rings. The van der Waals surface area contributed by atoms with E-state index in [4.69, 9.17) is 16.3 Å². The number of carbonyl (C=O) groups is 3. The van der Waals surface area contributed by atoms with Crippen molar-refractivity contribution in [3.8, 4) is 5.75 Å². The quantitative estimate of drug-likeness (QED) is 0.319. The smallest absolute Gasteiger partial charge is 0.343 e. The number of para-hydroxylation sites is 1. The summed E-state index contributed by atoms with van der Waals surface area (Å²) in [6.07, 6.45) is 0. The van der Waals surface area contributed by atoms with Gasteiger partial charge in [0, 0.05) is 5.69 Å². The van der Waals surface area contributed by atoms with Crippen LogP contribution in [0.15, 0.2) is 77.5 Å². The third-order valence-electron chi connectivity index (χ3n) is 5.53. The highest BCUT2D eigenvalue weighted by molar-refractivity contribution is 6.53. The van der Waals surface area contributed by atoms with Crippen molar-refractivity contribution in [2.75, 3.05) is 10.2 Å². The van der Waals surface area contributed by atoms with Crippen molar-refractivity contribution in [1.29, 1.82) is 0 Å². The molecule has 3 aromatic carbocycles. The number of aryl methyl sites for hydroxylation is 2. The summed E-state index contributed by atoms with van der Waals surface area (Å²) < 4.78 is 5.51. The molecule has 1 aliphatic rings. The molecule has 0 atom stereocenters. The van der Waals surface area contributed by atoms with E-state index in [2.05, 4.69) is 5.32 Å². The minimum absolute atomic E-state index is 0.0179. The van der Waals surface area contributed by atoms with Crippen LogP contribution >= 0.6 is 11.6 Å². The van der Waals surface area contributed by atoms with E-state index in [1.807, 2.05) is 45.0 Å². The summed E-state index contributed by atoms with van der Waals surface area (Å²) >= 11 is 6.20. The fourth-order valence-electron chi connectivity index (χ4n) is 3.47. The summed E-state index contributed by atoms with van der Waals surface area (Å²) in [4.78, 5) is 39.2. The average Bonchev–Trinajstić information content (AvgIpc) is 3.01. The number of nitrogens with one attached hydrogen (secondary N) is 1. The Morgan fingerprint density at radius 3 is 2.21 bits per heavy atom. The maximum absolute atomic E-state index is 12.9. The number of esters is 1. The monoisotopic (exact) mass is 460 g/mol. The lowest BCUT2D eigenvalue weighted by Gasteiger charge is -2.17. The second-order valence-electron chi connectivity index (χ2n) is 7.71. The van der Waals surface area contributed by atoms with E-state index < -0.39 is 17.8 Å². The summed E-state index contributed by atoms with van der Waals surface area (Å²) in [6, 6.07) is 19.0. The normalized spacial score (nSPS) is 13.5. The predicted molar refractivity (Wildman–Crippen MR) is 127 cm³/mol. The lowest BCUT2D eigenvalue weighted by Crippen LogP contribution is -2.32. The van der Waals surface area contributed by atoms with Crippen LogP contribution in [0.1, 0.15) is 27.0 Å². The highest BCUT2D eigenvalue weighted by Gasteiger charge is 2.39. The van der Waals surface area contributed by atoms with Gasteiger partial charge in [-0.3, -0.25) is 9.59 Å². The lowest BCUT2D eigenvalue weighted by molar-refractivity contribution is -0.120. The first-order valence-corrected chi connectivity index (χ1v) is 10.7. The molecule has 0 saturated carbocycles. The molecular weight excluding hydrogens is 440 g/mol. The molecule has 33 heavy (non-hydrogen) atoms. The van der Waals surface area contributed by atoms with Crippen molar-refractivity contribution < 1.29 is 19.1 Å². The van der Waals surface area contributed by atoms with Gasteiger partial charge in [-0.25, -0.2) is 9.69 Å². The number of anilines is 2. The summed E-state index contributed by atoms with van der Waals surface area (Å²) in [7, 11) is 0. The van der Waals surface area contributed by atoms with Crippen LogP contribution in [0.2, 0.25) is 0 Å². The molecule has 0 unspecified atom stereocenters. The molecule has 7 heteroatoms. The summed E-state index contributed by atoms with van der Waals surface area (Å²) in [5.74, 6) is -1.12. The van der Waals surface area contributed by atoms with Crippen molar-refractivity contribution in [3.05, 3.63) is 99.7 Å². The van der Waals surface area contributed by atoms with E-state index >= 15 is 0 Å². The Bertz CT molecular complexity index is 1310. The SMILES string of the molecule is Cc1ccccc1N1C(=O)C(Cl)=C(Nc2ccc(C(=O)Oc3cccc(C)c3C)cc2)C1=O. The van der Waals surface area contributed by atoms with Gasteiger partial charge in [0.05, 0.1) is 11.3 Å². The Hall–Kier alpha value is -3.90. The zero-order valence-electron chi connectivity index (χ0n) is 18.3. The van der Waals surface area contributed by atoms with Crippen LogP contribution in [-0.4, -0.2) is 17.8 Å². The first-order chi connectivity index (χ1) is 15.8. The van der Waals surface area contributed by atoms with Crippen molar-refractivity contribution in [1.82, 2.24) is 0 Å². The van der Waals surface area contributed by atoms with Crippen molar-refractivity contribution >= 4 is 40.8 Å². The zero-order valence-corrected chi connectivity index (χ0v) is 19.1. The van der Waals surface area contributed by atoms with Crippen LogP contribution in [0.25, 0.3) is 0 Å². The third kappa shape index (κ3) is 4.25. The summed E-state index contributed by atoms with van der Waals surface area (Å²) in [5, 5.41) is 2.71. The fourth-order valence-corrected chi connectivity index (χ4v) is 3.68. The lowest BCUT2D eigenvalue weighted by atomic mass is 10.1. The van der Waals surface area contributed by atoms with Crippen molar-refractivity contribution in [2.45, 2.75) is 20.8 Å². The van der Waals surface area contributed by atoms with Crippen molar-refractivity contribution in [2.24, 2.45) is 0 Å². The maximum atomic E-state index is 12.9. The van der Waals surface area contributed by atoms with Gasteiger partial charge in [-0.1, -0.05) is 41.9 Å². The standard InChI is InChI=1S/C26H21ClN2O4/c1-15-8-6-10-21(17(15)3)33-26(32)18-11-13-19(14-12-18)28-23-22(27)24(30)29(25(23)31)20-9-5-4-7-16(20)2/h4-14,28H,1-3H3. The van der Waals surface area contributed by atoms with Gasteiger partial charge in [0.15, 0.2) is 0 Å². The molecule has 2 amide bonds. The molecule has 1 aliphatic heterocycles. The highest BCUT2D eigenvalue weighted by atomic mass is 35.5. The molecule has 1 heterocycles. The van der Waals surface area contributed by atoms with Crippen LogP contribution in [0.5, 0.6) is 5.75 Å². The van der Waals surface area contributed by atoms with Gasteiger partial charge in [-0.05, 0) is 73.9 Å². The Morgan fingerprint density at radius 1 is 0.848 bits per heavy atom. The first-order valence-electron chi connectivity index (χ1n) is 10.3. The summed E-state index contributed by atoms with van der Waals surface area (Å²) in [5.41, 5.74) is 4.00. The molecule has 0 saturated heterocycles. The van der Waals surface area contributed by atoms with Crippen molar-refractivity contribution in [3.63, 3.8) is 0 Å². The maximum Gasteiger partial charge on any atom is 0.343 e. The molecule has 166 valence electrons. The predicted octanol–water partition coefficient (Wildman–Crippen LogP) is 5.27. The second-order valence-corrected chi connectivity index (χ2v) is 8.09. The van der Waals surface area contributed by atoms with E-state index in [0.717, 1.165) is 21.6 Å². The van der Waals surface area contributed by atoms with E-state index in [1.165, 1.54) is 0 Å². The topological polar surface area (TPSA) is 75.7 Å². The number of amides is 2. The van der Waals surface area contributed by atoms with Gasteiger partial charge in [-0.15, -0.1) is 0 Å². The number of carbonyl (C=O) groups excluding carboxylic acids is 3. The largest absolute Gasteiger partial charge is 0.423 e. The minimum Gasteiger partial charge on any atom is -0.423 e. The fraction of sp³-hybridized carbons (Fsp3) is 0.115. The van der Waals surface area contributed by atoms with Gasteiger partial charge in [0.2, 0.25) is 0 Å². The van der Waals surface area contributed by atoms with Crippen LogP contribution in [0, 0.1) is 20.8 Å². The number of hydrogen-bond donors (Lipinski definition) is 1. The Kier molecular flexibility index (Phi) is 6.03. The van der Waals surface area contributed by atoms with E-state index in [-0.39, 0.29) is 10.7 Å². The van der Waals surface area contributed by atoms with Gasteiger partial charge >= 0.3 is 5.97 Å². The van der Waals surface area contributed by atoms with E-state index in [0.29, 0.717) is 22.7 Å². The van der Waals surface area contributed by atoms with E-state index in [9.17, 15) is 14.4 Å². The third-order valence-corrected chi connectivity index (χ3v) is 5.88. The zero-order chi connectivity index (χ0) is 23.7. The molecule has 1 N–H and O–H groups in total. The molecule has 0 fully saturated rings. The van der Waals surface area contributed by atoms with Gasteiger partial charge in [0.25, 0.3) is 11.8 Å². The number of rotatable bonds is 5. The highest BCUT2D eigenvalue weighted by Crippen LogP contribution is 2.32. The van der Waals surface area contributed by atoms with Crippen LogP contribution in [-0.2, 0) is 9.59 Å². The Balaban J connectivity index is 1.50. The first kappa shape index (κ1) is 22.3. The van der Waals surface area contributed by atoms with Crippen LogP contribution in [0.4, 0.5) is 11.4 Å². The van der Waals surface area contributed by atoms with Crippen LogP contribution in [0.3, 0.4) is 0 Å². The molecule has 0 spiro atoms. The van der Waals surface area contributed by atoms with Gasteiger partial charge in [0.1, 0.15) is 16.5 Å². The number of halogens is 1. The molecule has 6 nitrogen and oxygen atoms in total. The Labute approximate surface area is 196 Å². The molecule has 0 bridgehead atoms. The number of benzene rings is 3. The number of imide groups is 1. The number of ether oxygens (including phenoxy) is 1. The summed E-state index contributed by atoms with van der Waals surface area (Å²) in [6.45, 7) is 5.65. The minimum atomic E-state index is -0.591. The molecule has 4 rings (SSSR count). The van der Waals surface area contributed by atoms with E-state index in [1.54, 1.807) is 42.5 Å². The molecule has 0 radical (unpaired) electrons. The Morgan fingerprint density at radius 2 is 1.52 bits per heavy atom. The molecule has 0 aromatic heterocycles.